The fourth-order valence-corrected chi connectivity index (χ4v) is 5.51. The third kappa shape index (κ3) is 3.32. The van der Waals surface area contributed by atoms with E-state index in [-0.39, 0.29) is 18.5 Å². The summed E-state index contributed by atoms with van der Waals surface area (Å²) in [5, 5.41) is 1.50. The van der Waals surface area contributed by atoms with Gasteiger partial charge in [0.05, 0.1) is 11.4 Å². The summed E-state index contributed by atoms with van der Waals surface area (Å²) < 4.78 is 28.4. The fraction of sp³-hybridized carbons (Fsp3) is 0.444. The lowest BCUT2D eigenvalue weighted by molar-refractivity contribution is -0.129. The van der Waals surface area contributed by atoms with Crippen LogP contribution in [0.5, 0.6) is 0 Å². The monoisotopic (exact) mass is 376 g/mol. The minimum Gasteiger partial charge on any atom is -0.340 e. The van der Waals surface area contributed by atoms with Gasteiger partial charge in [-0.2, -0.15) is 4.31 Å². The highest BCUT2D eigenvalue weighted by atomic mass is 32.2. The number of hydrogen-bond acceptors (Lipinski definition) is 5. The van der Waals surface area contributed by atoms with Crippen molar-refractivity contribution in [1.82, 2.24) is 14.2 Å². The molecular weight excluding hydrogens is 352 g/mol. The molecule has 1 fully saturated rings. The first-order valence-corrected chi connectivity index (χ1v) is 10.1. The maximum Gasteiger partial charge on any atom is 0.244 e. The SMILES string of the molecule is Cc1cncc2cccc(S(=O)(=O)N3CCCN(C(=O)CN)C[C@H]3C)c12. The molecule has 0 spiro atoms. The zero-order valence-corrected chi connectivity index (χ0v) is 15.9. The van der Waals surface area contributed by atoms with Crippen LogP contribution in [0.15, 0.2) is 35.5 Å². The van der Waals surface area contributed by atoms with Crippen molar-refractivity contribution >= 4 is 26.7 Å². The van der Waals surface area contributed by atoms with Gasteiger partial charge in [-0.1, -0.05) is 12.1 Å². The van der Waals surface area contributed by atoms with Gasteiger partial charge in [0, 0.05) is 48.8 Å². The smallest absolute Gasteiger partial charge is 0.244 e. The Balaban J connectivity index is 2.02. The largest absolute Gasteiger partial charge is 0.340 e. The number of pyridine rings is 1. The minimum absolute atomic E-state index is 0.0605. The molecule has 1 aromatic carbocycles. The van der Waals surface area contributed by atoms with Gasteiger partial charge in [0.15, 0.2) is 0 Å². The van der Waals surface area contributed by atoms with Gasteiger partial charge in [-0.15, -0.1) is 0 Å². The van der Waals surface area contributed by atoms with Crippen LogP contribution in [0.2, 0.25) is 0 Å². The highest BCUT2D eigenvalue weighted by molar-refractivity contribution is 7.89. The van der Waals surface area contributed by atoms with E-state index in [1.54, 1.807) is 29.4 Å². The molecule has 0 bridgehead atoms. The molecule has 1 amide bonds. The van der Waals surface area contributed by atoms with Crippen molar-refractivity contribution in [3.63, 3.8) is 0 Å². The Bertz CT molecular complexity index is 924. The average molecular weight is 376 g/mol. The lowest BCUT2D eigenvalue weighted by Crippen LogP contribution is -2.45. The van der Waals surface area contributed by atoms with Gasteiger partial charge >= 0.3 is 0 Å². The summed E-state index contributed by atoms with van der Waals surface area (Å²) >= 11 is 0. The molecule has 3 rings (SSSR count). The van der Waals surface area contributed by atoms with Crippen LogP contribution in [0.1, 0.15) is 18.9 Å². The van der Waals surface area contributed by atoms with Crippen LogP contribution in [0.25, 0.3) is 10.8 Å². The fourth-order valence-electron chi connectivity index (χ4n) is 3.56. The van der Waals surface area contributed by atoms with Gasteiger partial charge in [-0.3, -0.25) is 9.78 Å². The number of hydrogen-bond donors (Lipinski definition) is 1. The van der Waals surface area contributed by atoms with Crippen molar-refractivity contribution < 1.29 is 13.2 Å². The lowest BCUT2D eigenvalue weighted by Gasteiger charge is -2.28. The predicted octanol–water partition coefficient (Wildman–Crippen LogP) is 1.11. The normalized spacial score (nSPS) is 19.5. The zero-order chi connectivity index (χ0) is 18.9. The number of aryl methyl sites for hydroxylation is 1. The maximum atomic E-state index is 13.4. The Morgan fingerprint density at radius 2 is 2.08 bits per heavy atom. The van der Waals surface area contributed by atoms with Crippen molar-refractivity contribution in [2.24, 2.45) is 5.73 Å². The summed E-state index contributed by atoms with van der Waals surface area (Å²) in [4.78, 5) is 18.0. The number of carbonyl (C=O) groups is 1. The van der Waals surface area contributed by atoms with Crippen LogP contribution in [-0.2, 0) is 14.8 Å². The van der Waals surface area contributed by atoms with Crippen molar-refractivity contribution in [2.45, 2.75) is 31.2 Å². The molecule has 140 valence electrons. The predicted molar refractivity (Wildman–Crippen MR) is 100 cm³/mol. The maximum absolute atomic E-state index is 13.4. The minimum atomic E-state index is -3.70. The van der Waals surface area contributed by atoms with Crippen LogP contribution in [-0.4, -0.2) is 60.7 Å². The summed E-state index contributed by atoms with van der Waals surface area (Å²) in [5.41, 5.74) is 6.28. The molecule has 1 aromatic heterocycles. The van der Waals surface area contributed by atoms with Crippen LogP contribution in [0, 0.1) is 6.92 Å². The first kappa shape index (κ1) is 18.8. The van der Waals surface area contributed by atoms with Crippen LogP contribution >= 0.6 is 0 Å². The summed E-state index contributed by atoms with van der Waals surface area (Å²) in [7, 11) is -3.70. The highest BCUT2D eigenvalue weighted by Crippen LogP contribution is 2.29. The van der Waals surface area contributed by atoms with E-state index in [1.165, 1.54) is 4.31 Å². The van der Waals surface area contributed by atoms with E-state index in [0.717, 1.165) is 10.9 Å². The number of amides is 1. The van der Waals surface area contributed by atoms with Crippen molar-refractivity contribution in [1.29, 1.82) is 0 Å². The second-order valence-electron chi connectivity index (χ2n) is 6.67. The molecule has 1 saturated heterocycles. The van der Waals surface area contributed by atoms with Crippen molar-refractivity contribution in [3.05, 3.63) is 36.2 Å². The topological polar surface area (TPSA) is 96.6 Å². The van der Waals surface area contributed by atoms with Crippen LogP contribution in [0.3, 0.4) is 0 Å². The number of nitrogens with two attached hydrogens (primary N) is 1. The Hall–Kier alpha value is -2.03. The molecular formula is C18H24N4O3S. The summed E-state index contributed by atoms with van der Waals surface area (Å²) in [6.07, 6.45) is 3.93. The molecule has 0 saturated carbocycles. The van der Waals surface area contributed by atoms with E-state index >= 15 is 0 Å². The third-order valence-electron chi connectivity index (χ3n) is 4.83. The van der Waals surface area contributed by atoms with E-state index in [1.807, 2.05) is 19.9 Å². The Morgan fingerprint density at radius 1 is 1.31 bits per heavy atom. The van der Waals surface area contributed by atoms with Crippen molar-refractivity contribution in [2.75, 3.05) is 26.2 Å². The van der Waals surface area contributed by atoms with Gasteiger partial charge in [-0.25, -0.2) is 8.42 Å². The second-order valence-corrected chi connectivity index (χ2v) is 8.53. The molecule has 2 N–H and O–H groups in total. The molecule has 1 aliphatic rings. The first-order valence-electron chi connectivity index (χ1n) is 8.69. The Labute approximate surface area is 153 Å². The number of benzene rings is 1. The number of sulfonamides is 1. The Kier molecular flexibility index (Phi) is 5.27. The lowest BCUT2D eigenvalue weighted by atomic mass is 10.1. The summed E-state index contributed by atoms with van der Waals surface area (Å²) in [6, 6.07) is 4.92. The van der Waals surface area contributed by atoms with Gasteiger partial charge in [0.1, 0.15) is 0 Å². The van der Waals surface area contributed by atoms with Crippen molar-refractivity contribution in [3.8, 4) is 0 Å². The molecule has 8 heteroatoms. The van der Waals surface area contributed by atoms with Gasteiger partial charge in [-0.05, 0) is 31.9 Å². The Morgan fingerprint density at radius 3 is 2.81 bits per heavy atom. The number of fused-ring (bicyclic) bond motifs is 1. The summed E-state index contributed by atoms with van der Waals surface area (Å²) in [6.45, 7) is 4.87. The summed E-state index contributed by atoms with van der Waals surface area (Å²) in [5.74, 6) is -0.150. The molecule has 0 radical (unpaired) electrons. The zero-order valence-electron chi connectivity index (χ0n) is 15.1. The molecule has 0 unspecified atom stereocenters. The van der Waals surface area contributed by atoms with E-state index in [0.29, 0.717) is 36.3 Å². The van der Waals surface area contributed by atoms with E-state index in [4.69, 9.17) is 5.73 Å². The molecule has 2 heterocycles. The number of carbonyl (C=O) groups excluding carboxylic acids is 1. The van der Waals surface area contributed by atoms with E-state index < -0.39 is 10.0 Å². The third-order valence-corrected chi connectivity index (χ3v) is 6.89. The molecule has 2 aromatic rings. The van der Waals surface area contributed by atoms with Crippen LogP contribution < -0.4 is 5.73 Å². The average Bonchev–Trinajstić information content (AvgIpc) is 2.83. The van der Waals surface area contributed by atoms with Gasteiger partial charge < -0.3 is 10.6 Å². The molecule has 1 aliphatic heterocycles. The first-order chi connectivity index (χ1) is 12.4. The highest BCUT2D eigenvalue weighted by Gasteiger charge is 2.34. The molecule has 1 atom stereocenters. The van der Waals surface area contributed by atoms with Gasteiger partial charge in [0.25, 0.3) is 0 Å². The van der Waals surface area contributed by atoms with E-state index in [9.17, 15) is 13.2 Å². The van der Waals surface area contributed by atoms with Crippen LogP contribution in [0.4, 0.5) is 0 Å². The molecule has 0 aliphatic carbocycles. The molecule has 7 nitrogen and oxygen atoms in total. The number of nitrogens with zero attached hydrogens (tertiary/aromatic N) is 3. The number of rotatable bonds is 3. The quantitative estimate of drug-likeness (QED) is 0.866. The number of aromatic nitrogens is 1. The standard InChI is InChI=1S/C18H24N4O3S/c1-13-10-20-11-15-5-3-6-16(18(13)15)26(24,25)22-8-4-7-21(12-14(22)2)17(23)9-19/h3,5-6,10-11,14H,4,7-9,12,19H2,1-2H3/t14-/m1/s1. The second kappa shape index (κ2) is 7.30. The molecule has 26 heavy (non-hydrogen) atoms. The van der Waals surface area contributed by atoms with E-state index in [2.05, 4.69) is 4.98 Å². The van der Waals surface area contributed by atoms with Gasteiger partial charge in [0.2, 0.25) is 15.9 Å².